The van der Waals surface area contributed by atoms with Gasteiger partial charge in [0.05, 0.1) is 5.57 Å². The second kappa shape index (κ2) is 4.00. The monoisotopic (exact) mass is 249 g/mol. The van der Waals surface area contributed by atoms with E-state index in [1.54, 1.807) is 0 Å². The average Bonchev–Trinajstić information content (AvgIpc) is 2.48. The van der Waals surface area contributed by atoms with Gasteiger partial charge in [0.15, 0.2) is 0 Å². The number of likely N-dealkylation sites (N-methyl/N-ethyl adjacent to an activating group) is 1. The van der Waals surface area contributed by atoms with Gasteiger partial charge < -0.3 is 0 Å². The standard InChI is InChI=1S/C13H12ClNO2/c1-7-4-5-9(6-8(7)2)10-11(14)13(17)15(3)12(10)16/h4-6H,1-3H3. The zero-order valence-electron chi connectivity index (χ0n) is 9.87. The lowest BCUT2D eigenvalue weighted by molar-refractivity contribution is -0.134. The number of rotatable bonds is 1. The highest BCUT2D eigenvalue weighted by molar-refractivity contribution is 6.55. The van der Waals surface area contributed by atoms with Gasteiger partial charge in [-0.2, -0.15) is 0 Å². The Kier molecular flexibility index (Phi) is 2.79. The van der Waals surface area contributed by atoms with Crippen molar-refractivity contribution in [3.05, 3.63) is 39.9 Å². The molecule has 2 rings (SSSR count). The van der Waals surface area contributed by atoms with Crippen LogP contribution in [0.2, 0.25) is 0 Å². The molecule has 4 heteroatoms. The smallest absolute Gasteiger partial charge is 0.272 e. The van der Waals surface area contributed by atoms with E-state index in [1.165, 1.54) is 7.05 Å². The highest BCUT2D eigenvalue weighted by Gasteiger charge is 2.35. The molecule has 1 aromatic rings. The van der Waals surface area contributed by atoms with Crippen LogP contribution in [0.4, 0.5) is 0 Å². The fraction of sp³-hybridized carbons (Fsp3) is 0.231. The van der Waals surface area contributed by atoms with E-state index in [2.05, 4.69) is 0 Å². The Morgan fingerprint density at radius 1 is 1.06 bits per heavy atom. The maximum atomic E-state index is 11.9. The van der Waals surface area contributed by atoms with Crippen LogP contribution in [0.5, 0.6) is 0 Å². The first-order chi connectivity index (χ1) is 7.93. The van der Waals surface area contributed by atoms with Crippen LogP contribution in [0.15, 0.2) is 23.2 Å². The van der Waals surface area contributed by atoms with Crippen molar-refractivity contribution in [1.29, 1.82) is 0 Å². The topological polar surface area (TPSA) is 37.4 Å². The van der Waals surface area contributed by atoms with E-state index in [0.717, 1.165) is 16.0 Å². The molecule has 0 spiro atoms. The number of nitrogens with zero attached hydrogens (tertiary/aromatic N) is 1. The van der Waals surface area contributed by atoms with E-state index < -0.39 is 5.91 Å². The summed E-state index contributed by atoms with van der Waals surface area (Å²) >= 11 is 5.91. The summed E-state index contributed by atoms with van der Waals surface area (Å²) in [6, 6.07) is 5.60. The largest absolute Gasteiger partial charge is 0.277 e. The molecule has 1 aliphatic rings. The summed E-state index contributed by atoms with van der Waals surface area (Å²) in [7, 11) is 1.43. The van der Waals surface area contributed by atoms with Crippen molar-refractivity contribution in [2.24, 2.45) is 0 Å². The van der Waals surface area contributed by atoms with E-state index in [1.807, 2.05) is 32.0 Å². The van der Waals surface area contributed by atoms with Crippen LogP contribution in [0, 0.1) is 13.8 Å². The Balaban J connectivity index is 2.57. The summed E-state index contributed by atoms with van der Waals surface area (Å²) in [5.74, 6) is -0.784. The first-order valence-electron chi connectivity index (χ1n) is 5.23. The number of benzene rings is 1. The van der Waals surface area contributed by atoms with Crippen LogP contribution in [0.3, 0.4) is 0 Å². The maximum Gasteiger partial charge on any atom is 0.272 e. The van der Waals surface area contributed by atoms with E-state index in [0.29, 0.717) is 11.1 Å². The van der Waals surface area contributed by atoms with Crippen LogP contribution in [0.1, 0.15) is 16.7 Å². The molecule has 1 aliphatic heterocycles. The van der Waals surface area contributed by atoms with Gasteiger partial charge >= 0.3 is 0 Å². The Labute approximate surface area is 105 Å². The molecule has 0 saturated heterocycles. The van der Waals surface area contributed by atoms with Gasteiger partial charge in [0.2, 0.25) is 0 Å². The molecule has 0 radical (unpaired) electrons. The number of carbonyl (C=O) groups excluding carboxylic acids is 2. The summed E-state index contributed by atoms with van der Waals surface area (Å²) in [6.07, 6.45) is 0. The second-order valence-electron chi connectivity index (χ2n) is 4.16. The lowest BCUT2D eigenvalue weighted by atomic mass is 10.0. The van der Waals surface area contributed by atoms with Gasteiger partial charge in [0.1, 0.15) is 5.03 Å². The molecule has 0 bridgehead atoms. The Bertz CT molecular complexity index is 561. The first-order valence-corrected chi connectivity index (χ1v) is 5.61. The minimum atomic E-state index is -0.440. The molecule has 0 fully saturated rings. The molecule has 0 N–H and O–H groups in total. The number of carbonyl (C=O) groups is 2. The predicted molar refractivity (Wildman–Crippen MR) is 66.5 cm³/mol. The normalized spacial score (nSPS) is 16.1. The number of aryl methyl sites for hydroxylation is 2. The Hall–Kier alpha value is -1.61. The van der Waals surface area contributed by atoms with E-state index in [-0.39, 0.29) is 10.9 Å². The predicted octanol–water partition coefficient (Wildman–Crippen LogP) is 2.25. The highest BCUT2D eigenvalue weighted by Crippen LogP contribution is 2.31. The molecule has 0 unspecified atom stereocenters. The SMILES string of the molecule is Cc1ccc(C2=C(Cl)C(=O)N(C)C2=O)cc1C. The van der Waals surface area contributed by atoms with Gasteiger partial charge in [-0.1, -0.05) is 29.8 Å². The van der Waals surface area contributed by atoms with Crippen molar-refractivity contribution in [3.63, 3.8) is 0 Å². The summed E-state index contributed by atoms with van der Waals surface area (Å²) in [6.45, 7) is 3.95. The molecule has 17 heavy (non-hydrogen) atoms. The lowest BCUT2D eigenvalue weighted by Crippen LogP contribution is -2.26. The minimum Gasteiger partial charge on any atom is -0.277 e. The fourth-order valence-corrected chi connectivity index (χ4v) is 2.07. The van der Waals surface area contributed by atoms with Crippen molar-refractivity contribution >= 4 is 29.0 Å². The molecule has 0 aromatic heterocycles. The summed E-state index contributed by atoms with van der Waals surface area (Å²) in [5.41, 5.74) is 3.19. The highest BCUT2D eigenvalue weighted by atomic mass is 35.5. The van der Waals surface area contributed by atoms with Gasteiger partial charge in [0, 0.05) is 7.05 Å². The zero-order chi connectivity index (χ0) is 12.7. The Morgan fingerprint density at radius 2 is 1.71 bits per heavy atom. The van der Waals surface area contributed by atoms with E-state index in [9.17, 15) is 9.59 Å². The van der Waals surface area contributed by atoms with Crippen molar-refractivity contribution in [1.82, 2.24) is 4.90 Å². The third-order valence-corrected chi connectivity index (χ3v) is 3.38. The zero-order valence-corrected chi connectivity index (χ0v) is 10.6. The maximum absolute atomic E-state index is 11.9. The van der Waals surface area contributed by atoms with Crippen LogP contribution < -0.4 is 0 Å². The average molecular weight is 250 g/mol. The Morgan fingerprint density at radius 3 is 2.18 bits per heavy atom. The number of imide groups is 1. The quantitative estimate of drug-likeness (QED) is 0.716. The fourth-order valence-electron chi connectivity index (χ4n) is 1.76. The van der Waals surface area contributed by atoms with Gasteiger partial charge in [-0.05, 0) is 30.5 Å². The van der Waals surface area contributed by atoms with Crippen LogP contribution >= 0.6 is 11.6 Å². The summed E-state index contributed by atoms with van der Waals surface area (Å²) in [5, 5.41) is 0.000697. The van der Waals surface area contributed by atoms with Crippen molar-refractivity contribution in [3.8, 4) is 0 Å². The van der Waals surface area contributed by atoms with Gasteiger partial charge in [0.25, 0.3) is 11.8 Å². The molecule has 0 aliphatic carbocycles. The molecule has 88 valence electrons. The second-order valence-corrected chi connectivity index (χ2v) is 4.54. The number of hydrogen-bond acceptors (Lipinski definition) is 2. The molecule has 0 saturated carbocycles. The molecule has 1 heterocycles. The van der Waals surface area contributed by atoms with E-state index in [4.69, 9.17) is 11.6 Å². The number of amides is 2. The lowest BCUT2D eigenvalue weighted by Gasteiger charge is -2.07. The van der Waals surface area contributed by atoms with Crippen LogP contribution in [0.25, 0.3) is 5.57 Å². The molecular weight excluding hydrogens is 238 g/mol. The number of halogens is 1. The van der Waals surface area contributed by atoms with Crippen molar-refractivity contribution in [2.45, 2.75) is 13.8 Å². The van der Waals surface area contributed by atoms with Gasteiger partial charge in [-0.25, -0.2) is 0 Å². The van der Waals surface area contributed by atoms with Crippen LogP contribution in [-0.4, -0.2) is 23.8 Å². The molecule has 1 aromatic carbocycles. The third kappa shape index (κ3) is 1.76. The third-order valence-electron chi connectivity index (χ3n) is 3.03. The minimum absolute atomic E-state index is 0.000697. The molecule has 3 nitrogen and oxygen atoms in total. The molecular formula is C13H12ClNO2. The van der Waals surface area contributed by atoms with Crippen LogP contribution in [-0.2, 0) is 9.59 Å². The van der Waals surface area contributed by atoms with Crippen molar-refractivity contribution < 1.29 is 9.59 Å². The molecule has 2 amide bonds. The molecule has 0 atom stereocenters. The van der Waals surface area contributed by atoms with Gasteiger partial charge in [-0.3, -0.25) is 14.5 Å². The summed E-state index contributed by atoms with van der Waals surface area (Å²) < 4.78 is 0. The number of hydrogen-bond donors (Lipinski definition) is 0. The summed E-state index contributed by atoms with van der Waals surface area (Å²) in [4.78, 5) is 24.5. The van der Waals surface area contributed by atoms with E-state index >= 15 is 0 Å². The van der Waals surface area contributed by atoms with Crippen molar-refractivity contribution in [2.75, 3.05) is 7.05 Å². The first kappa shape index (κ1) is 11.9. The van der Waals surface area contributed by atoms with Gasteiger partial charge in [-0.15, -0.1) is 0 Å².